The highest BCUT2D eigenvalue weighted by Gasteiger charge is 2.50. The molecule has 3 aliphatic rings. The SMILES string of the molecule is CC(C(=O)O)(c1ncc2n1C(=O)N(C1CCNCC1)C2)N1CCCCC1=O. The number of amides is 2. The van der Waals surface area contributed by atoms with E-state index in [9.17, 15) is 19.5 Å². The Morgan fingerprint density at radius 2 is 2.04 bits per heavy atom. The van der Waals surface area contributed by atoms with Crippen LogP contribution < -0.4 is 5.32 Å². The summed E-state index contributed by atoms with van der Waals surface area (Å²) < 4.78 is 1.41. The molecule has 146 valence electrons. The Hall–Kier alpha value is -2.42. The van der Waals surface area contributed by atoms with Crippen molar-refractivity contribution < 1.29 is 19.5 Å². The predicted octanol–water partition coefficient (Wildman–Crippen LogP) is 0.731. The van der Waals surface area contributed by atoms with E-state index in [0.29, 0.717) is 25.2 Å². The number of imidazole rings is 1. The fourth-order valence-electron chi connectivity index (χ4n) is 4.44. The fourth-order valence-corrected chi connectivity index (χ4v) is 4.44. The third-order valence-electron chi connectivity index (χ3n) is 6.07. The molecule has 1 aromatic heterocycles. The van der Waals surface area contributed by atoms with E-state index in [2.05, 4.69) is 10.3 Å². The Bertz CT molecular complexity index is 785. The zero-order valence-corrected chi connectivity index (χ0v) is 15.5. The van der Waals surface area contributed by atoms with E-state index in [-0.39, 0.29) is 23.8 Å². The van der Waals surface area contributed by atoms with Crippen LogP contribution in [-0.4, -0.2) is 68.0 Å². The number of aromatic nitrogens is 2. The van der Waals surface area contributed by atoms with Gasteiger partial charge in [0, 0.05) is 19.0 Å². The number of nitrogens with zero attached hydrogens (tertiary/aromatic N) is 4. The van der Waals surface area contributed by atoms with Crippen LogP contribution in [0.5, 0.6) is 0 Å². The lowest BCUT2D eigenvalue weighted by Crippen LogP contribution is -2.56. The Morgan fingerprint density at radius 1 is 1.30 bits per heavy atom. The molecular formula is C18H25N5O4. The van der Waals surface area contributed by atoms with Gasteiger partial charge in [-0.2, -0.15) is 0 Å². The molecule has 0 spiro atoms. The molecular weight excluding hydrogens is 350 g/mol. The van der Waals surface area contributed by atoms with Gasteiger partial charge in [0.05, 0.1) is 18.4 Å². The topological polar surface area (TPSA) is 108 Å². The maximum Gasteiger partial charge on any atom is 0.337 e. The second-order valence-corrected chi connectivity index (χ2v) is 7.68. The van der Waals surface area contributed by atoms with Gasteiger partial charge in [-0.05, 0) is 45.7 Å². The largest absolute Gasteiger partial charge is 0.479 e. The molecule has 9 nitrogen and oxygen atoms in total. The first-order valence-corrected chi connectivity index (χ1v) is 9.57. The maximum absolute atomic E-state index is 13.1. The van der Waals surface area contributed by atoms with Gasteiger partial charge < -0.3 is 20.2 Å². The minimum Gasteiger partial charge on any atom is -0.479 e. The summed E-state index contributed by atoms with van der Waals surface area (Å²) in [6.45, 7) is 4.00. The molecule has 4 heterocycles. The van der Waals surface area contributed by atoms with E-state index in [1.165, 1.54) is 16.4 Å². The molecule has 0 bridgehead atoms. The molecule has 0 aliphatic carbocycles. The van der Waals surface area contributed by atoms with Crippen LogP contribution in [0.15, 0.2) is 6.20 Å². The summed E-state index contributed by atoms with van der Waals surface area (Å²) >= 11 is 0. The van der Waals surface area contributed by atoms with Crippen LogP contribution in [0, 0.1) is 0 Å². The lowest BCUT2D eigenvalue weighted by atomic mass is 9.95. The number of carboxylic acids is 1. The van der Waals surface area contributed by atoms with Crippen LogP contribution in [0.4, 0.5) is 4.79 Å². The van der Waals surface area contributed by atoms with Crippen LogP contribution in [0.2, 0.25) is 0 Å². The third-order valence-corrected chi connectivity index (χ3v) is 6.07. The first kappa shape index (κ1) is 18.0. The Kier molecular flexibility index (Phi) is 4.41. The number of carbonyl (C=O) groups is 3. The normalized spacial score (nSPS) is 23.4. The van der Waals surface area contributed by atoms with E-state index in [4.69, 9.17) is 0 Å². The van der Waals surface area contributed by atoms with E-state index >= 15 is 0 Å². The lowest BCUT2D eigenvalue weighted by Gasteiger charge is -2.39. The number of fused-ring (bicyclic) bond motifs is 1. The zero-order chi connectivity index (χ0) is 19.2. The quantitative estimate of drug-likeness (QED) is 0.803. The summed E-state index contributed by atoms with van der Waals surface area (Å²) in [5.74, 6) is -1.25. The minimum absolute atomic E-state index is 0.127. The van der Waals surface area contributed by atoms with Crippen molar-refractivity contribution >= 4 is 17.9 Å². The molecule has 4 rings (SSSR count). The van der Waals surface area contributed by atoms with Gasteiger partial charge in [0.2, 0.25) is 5.91 Å². The molecule has 0 radical (unpaired) electrons. The van der Waals surface area contributed by atoms with Gasteiger partial charge in [0.15, 0.2) is 11.4 Å². The zero-order valence-electron chi connectivity index (χ0n) is 15.5. The second kappa shape index (κ2) is 6.63. The smallest absolute Gasteiger partial charge is 0.337 e. The average molecular weight is 375 g/mol. The van der Waals surface area contributed by atoms with Crippen molar-refractivity contribution in [1.82, 2.24) is 24.7 Å². The highest BCUT2D eigenvalue weighted by molar-refractivity contribution is 5.90. The van der Waals surface area contributed by atoms with Crippen molar-refractivity contribution in [2.24, 2.45) is 0 Å². The molecule has 2 saturated heterocycles. The summed E-state index contributed by atoms with van der Waals surface area (Å²) in [7, 11) is 0. The van der Waals surface area contributed by atoms with E-state index in [1.807, 2.05) is 4.90 Å². The van der Waals surface area contributed by atoms with Gasteiger partial charge in [-0.1, -0.05) is 0 Å². The monoisotopic (exact) mass is 375 g/mol. The number of carboxylic acid groups (broad SMARTS) is 1. The molecule has 27 heavy (non-hydrogen) atoms. The summed E-state index contributed by atoms with van der Waals surface area (Å²) in [6, 6.07) is -0.0967. The van der Waals surface area contributed by atoms with E-state index in [0.717, 1.165) is 38.8 Å². The van der Waals surface area contributed by atoms with Crippen molar-refractivity contribution in [3.05, 3.63) is 17.7 Å². The number of piperidine rings is 2. The molecule has 1 aromatic rings. The molecule has 1 atom stereocenters. The minimum atomic E-state index is -1.66. The highest BCUT2D eigenvalue weighted by Crippen LogP contribution is 2.35. The molecule has 2 N–H and O–H groups in total. The van der Waals surface area contributed by atoms with Gasteiger partial charge >= 0.3 is 12.0 Å². The molecule has 9 heteroatoms. The van der Waals surface area contributed by atoms with Gasteiger partial charge in [0.25, 0.3) is 0 Å². The Morgan fingerprint density at radius 3 is 2.70 bits per heavy atom. The molecule has 2 fully saturated rings. The summed E-state index contributed by atoms with van der Waals surface area (Å²) in [4.78, 5) is 45.4. The number of nitrogens with one attached hydrogen (secondary N) is 1. The van der Waals surface area contributed by atoms with Crippen molar-refractivity contribution in [2.45, 2.75) is 57.2 Å². The number of hydrogen-bond donors (Lipinski definition) is 2. The Labute approximate surface area is 157 Å². The van der Waals surface area contributed by atoms with E-state index in [1.54, 1.807) is 6.20 Å². The fraction of sp³-hybridized carbons (Fsp3) is 0.667. The third kappa shape index (κ3) is 2.72. The van der Waals surface area contributed by atoms with Crippen molar-refractivity contribution in [1.29, 1.82) is 0 Å². The van der Waals surface area contributed by atoms with Gasteiger partial charge in [-0.25, -0.2) is 19.1 Å². The van der Waals surface area contributed by atoms with Crippen molar-refractivity contribution in [3.8, 4) is 0 Å². The summed E-state index contributed by atoms with van der Waals surface area (Å²) in [5.41, 5.74) is -0.972. The van der Waals surface area contributed by atoms with E-state index < -0.39 is 11.5 Å². The standard InChI is InChI=1S/C18H25N5O4/c1-18(16(25)26,22-9-3-2-4-14(22)24)15-20-10-13-11-21(17(27)23(13)15)12-5-7-19-8-6-12/h10,12,19H,2-9,11H2,1H3,(H,25,26). The predicted molar refractivity (Wildman–Crippen MR) is 95.0 cm³/mol. The maximum atomic E-state index is 13.1. The number of rotatable bonds is 4. The molecule has 0 aromatic carbocycles. The highest BCUT2D eigenvalue weighted by atomic mass is 16.4. The van der Waals surface area contributed by atoms with Crippen LogP contribution in [0.3, 0.4) is 0 Å². The molecule has 2 amide bonds. The van der Waals surface area contributed by atoms with Gasteiger partial charge in [-0.3, -0.25) is 4.79 Å². The Balaban J connectivity index is 1.70. The first-order chi connectivity index (χ1) is 12.9. The lowest BCUT2D eigenvalue weighted by molar-refractivity contribution is -0.161. The summed E-state index contributed by atoms with van der Waals surface area (Å²) in [5, 5.41) is 13.3. The van der Waals surface area contributed by atoms with Gasteiger partial charge in [-0.15, -0.1) is 0 Å². The van der Waals surface area contributed by atoms with Crippen LogP contribution >= 0.6 is 0 Å². The van der Waals surface area contributed by atoms with Crippen LogP contribution in [0.1, 0.15) is 50.5 Å². The first-order valence-electron chi connectivity index (χ1n) is 9.57. The van der Waals surface area contributed by atoms with Crippen LogP contribution in [0.25, 0.3) is 0 Å². The average Bonchev–Trinajstić information content (AvgIpc) is 3.23. The molecule has 1 unspecified atom stereocenters. The number of likely N-dealkylation sites (tertiary alicyclic amines) is 1. The molecule has 0 saturated carbocycles. The second-order valence-electron chi connectivity index (χ2n) is 7.68. The van der Waals surface area contributed by atoms with Gasteiger partial charge in [0.1, 0.15) is 0 Å². The molecule has 3 aliphatic heterocycles. The van der Waals surface area contributed by atoms with Crippen molar-refractivity contribution in [3.63, 3.8) is 0 Å². The van der Waals surface area contributed by atoms with Crippen molar-refractivity contribution in [2.75, 3.05) is 19.6 Å². The van der Waals surface area contributed by atoms with Crippen LogP contribution in [-0.2, 0) is 21.7 Å². The number of carbonyl (C=O) groups excluding carboxylic acids is 2. The number of hydrogen-bond acceptors (Lipinski definition) is 5. The number of aliphatic carboxylic acids is 1. The summed E-state index contributed by atoms with van der Waals surface area (Å²) in [6.07, 6.45) is 5.15.